The number of imidazole rings is 1. The Kier molecular flexibility index (Phi) is 2.91. The summed E-state index contributed by atoms with van der Waals surface area (Å²) in [4.78, 5) is 16.9. The minimum Gasteiger partial charge on any atom is -0.481 e. The highest BCUT2D eigenvalue weighted by Crippen LogP contribution is 2.29. The van der Waals surface area contributed by atoms with Crippen molar-refractivity contribution in [2.45, 2.75) is 31.7 Å². The van der Waals surface area contributed by atoms with E-state index in [1.807, 2.05) is 6.07 Å². The van der Waals surface area contributed by atoms with Crippen LogP contribution in [-0.2, 0) is 17.8 Å². The molecular weight excluding hydrogens is 248 g/mol. The number of thiophene rings is 1. The zero-order chi connectivity index (χ0) is 12.5. The topological polar surface area (TPSA) is 55.1 Å². The Bertz CT molecular complexity index is 560. The minimum atomic E-state index is -0.737. The first-order valence-electron chi connectivity index (χ1n) is 6.05. The van der Waals surface area contributed by atoms with Crippen molar-refractivity contribution in [1.29, 1.82) is 0 Å². The number of carboxylic acid groups (broad SMARTS) is 1. The molecule has 2 aromatic rings. The molecule has 4 nitrogen and oxygen atoms in total. The van der Waals surface area contributed by atoms with Crippen LogP contribution in [0.5, 0.6) is 0 Å². The van der Waals surface area contributed by atoms with Gasteiger partial charge in [0.25, 0.3) is 0 Å². The maximum absolute atomic E-state index is 11.2. The van der Waals surface area contributed by atoms with Crippen LogP contribution in [-0.4, -0.2) is 20.6 Å². The average Bonchev–Trinajstić information content (AvgIpc) is 2.99. The first-order chi connectivity index (χ1) is 8.75. The predicted molar refractivity (Wildman–Crippen MR) is 69.0 cm³/mol. The summed E-state index contributed by atoms with van der Waals surface area (Å²) in [7, 11) is 0. The highest BCUT2D eigenvalue weighted by atomic mass is 32.1. The van der Waals surface area contributed by atoms with Crippen LogP contribution in [0.25, 0.3) is 0 Å². The van der Waals surface area contributed by atoms with E-state index in [-0.39, 0.29) is 5.92 Å². The van der Waals surface area contributed by atoms with Crippen molar-refractivity contribution >= 4 is 17.3 Å². The van der Waals surface area contributed by atoms with Gasteiger partial charge in [0.05, 0.1) is 11.6 Å². The lowest BCUT2D eigenvalue weighted by atomic mass is 9.96. The number of hydrogen-bond donors (Lipinski definition) is 1. The zero-order valence-corrected chi connectivity index (χ0v) is 10.7. The van der Waals surface area contributed by atoms with Gasteiger partial charge in [0.1, 0.15) is 5.82 Å². The van der Waals surface area contributed by atoms with Gasteiger partial charge in [-0.15, -0.1) is 11.3 Å². The van der Waals surface area contributed by atoms with Crippen LogP contribution < -0.4 is 0 Å². The number of rotatable bonds is 3. The molecule has 1 N–H and O–H groups in total. The molecule has 94 valence electrons. The lowest BCUT2D eigenvalue weighted by Crippen LogP contribution is -2.22. The van der Waals surface area contributed by atoms with Crippen LogP contribution in [0.15, 0.2) is 23.7 Å². The van der Waals surface area contributed by atoms with Gasteiger partial charge in [0.15, 0.2) is 0 Å². The highest BCUT2D eigenvalue weighted by Gasteiger charge is 2.28. The van der Waals surface area contributed by atoms with Crippen molar-refractivity contribution in [3.8, 4) is 0 Å². The van der Waals surface area contributed by atoms with Crippen LogP contribution in [0.3, 0.4) is 0 Å². The van der Waals surface area contributed by atoms with Crippen molar-refractivity contribution < 1.29 is 9.90 Å². The summed E-state index contributed by atoms with van der Waals surface area (Å²) in [5.41, 5.74) is 0.861. The molecule has 2 aromatic heterocycles. The van der Waals surface area contributed by atoms with E-state index < -0.39 is 5.97 Å². The molecule has 0 aliphatic carbocycles. The fourth-order valence-corrected chi connectivity index (χ4v) is 3.23. The number of carboxylic acids is 1. The standard InChI is InChI=1S/C13H14N2O2S/c16-13(17)10-4-1-5-15-11(10)8-14-12(15)7-9-3-2-6-18-9/h2-3,6,8,10H,1,4-5,7H2,(H,16,17). The van der Waals surface area contributed by atoms with Gasteiger partial charge < -0.3 is 9.67 Å². The number of carbonyl (C=O) groups is 1. The Hall–Kier alpha value is -1.62. The van der Waals surface area contributed by atoms with E-state index in [1.165, 1.54) is 4.88 Å². The molecule has 0 saturated heterocycles. The number of aliphatic carboxylic acids is 1. The molecule has 0 spiro atoms. The second kappa shape index (κ2) is 4.57. The van der Waals surface area contributed by atoms with Crippen LogP contribution in [0.2, 0.25) is 0 Å². The van der Waals surface area contributed by atoms with E-state index >= 15 is 0 Å². The predicted octanol–water partition coefficient (Wildman–Crippen LogP) is 2.50. The normalized spacial score (nSPS) is 18.6. The summed E-state index contributed by atoms with van der Waals surface area (Å²) in [6, 6.07) is 4.11. The largest absolute Gasteiger partial charge is 0.481 e. The van der Waals surface area contributed by atoms with Crippen LogP contribution in [0.1, 0.15) is 35.2 Å². The lowest BCUT2D eigenvalue weighted by Gasteiger charge is -2.22. The molecule has 5 heteroatoms. The molecule has 0 aromatic carbocycles. The zero-order valence-electron chi connectivity index (χ0n) is 9.87. The van der Waals surface area contributed by atoms with Gasteiger partial charge in [0, 0.05) is 24.0 Å². The summed E-state index contributed by atoms with van der Waals surface area (Å²) in [5.74, 6) is -0.139. The molecule has 1 unspecified atom stereocenters. The van der Waals surface area contributed by atoms with Crippen molar-refractivity contribution in [3.63, 3.8) is 0 Å². The van der Waals surface area contributed by atoms with Crippen LogP contribution >= 0.6 is 11.3 Å². The van der Waals surface area contributed by atoms with Gasteiger partial charge in [-0.3, -0.25) is 4.79 Å². The Balaban J connectivity index is 1.92. The lowest BCUT2D eigenvalue weighted by molar-refractivity contribution is -0.139. The summed E-state index contributed by atoms with van der Waals surface area (Å²) < 4.78 is 2.09. The third-order valence-electron chi connectivity index (χ3n) is 3.41. The average molecular weight is 262 g/mol. The van der Waals surface area contributed by atoms with Gasteiger partial charge in [-0.2, -0.15) is 0 Å². The molecule has 1 atom stereocenters. The summed E-state index contributed by atoms with van der Waals surface area (Å²) >= 11 is 1.71. The number of fused-ring (bicyclic) bond motifs is 1. The van der Waals surface area contributed by atoms with E-state index in [2.05, 4.69) is 21.0 Å². The fourth-order valence-electron chi connectivity index (χ4n) is 2.53. The van der Waals surface area contributed by atoms with Gasteiger partial charge in [-0.05, 0) is 24.3 Å². The summed E-state index contributed by atoms with van der Waals surface area (Å²) in [6.45, 7) is 0.889. The molecule has 1 aliphatic heterocycles. The SMILES string of the molecule is O=C(O)C1CCCn2c1cnc2Cc1cccs1. The third-order valence-corrected chi connectivity index (χ3v) is 4.29. The molecule has 0 amide bonds. The van der Waals surface area contributed by atoms with Crippen molar-refractivity contribution in [1.82, 2.24) is 9.55 Å². The second-order valence-electron chi connectivity index (χ2n) is 4.54. The van der Waals surface area contributed by atoms with Crippen LogP contribution in [0.4, 0.5) is 0 Å². The molecule has 3 rings (SSSR count). The quantitative estimate of drug-likeness (QED) is 0.924. The van der Waals surface area contributed by atoms with E-state index in [1.54, 1.807) is 17.5 Å². The summed E-state index contributed by atoms with van der Waals surface area (Å²) in [6.07, 6.45) is 4.17. The van der Waals surface area contributed by atoms with E-state index in [0.717, 1.165) is 37.3 Å². The van der Waals surface area contributed by atoms with E-state index in [9.17, 15) is 9.90 Å². The number of nitrogens with zero attached hydrogens (tertiary/aromatic N) is 2. The van der Waals surface area contributed by atoms with E-state index in [0.29, 0.717) is 0 Å². The first kappa shape index (κ1) is 11.5. The number of aromatic nitrogens is 2. The van der Waals surface area contributed by atoms with Crippen LogP contribution in [0, 0.1) is 0 Å². The van der Waals surface area contributed by atoms with Crippen molar-refractivity contribution in [2.75, 3.05) is 0 Å². The number of hydrogen-bond acceptors (Lipinski definition) is 3. The van der Waals surface area contributed by atoms with E-state index in [4.69, 9.17) is 0 Å². The molecular formula is C13H14N2O2S. The molecule has 0 radical (unpaired) electrons. The van der Waals surface area contributed by atoms with Gasteiger partial charge in [0.2, 0.25) is 0 Å². The van der Waals surface area contributed by atoms with Gasteiger partial charge in [-0.1, -0.05) is 6.07 Å². The Labute approximate surface area is 109 Å². The molecule has 3 heterocycles. The fraction of sp³-hybridized carbons (Fsp3) is 0.385. The Morgan fingerprint density at radius 3 is 3.22 bits per heavy atom. The molecule has 0 saturated carbocycles. The second-order valence-corrected chi connectivity index (χ2v) is 5.57. The van der Waals surface area contributed by atoms with Crippen molar-refractivity contribution in [3.05, 3.63) is 40.1 Å². The molecule has 0 fully saturated rings. The third kappa shape index (κ3) is 1.95. The molecule has 0 bridgehead atoms. The Morgan fingerprint density at radius 2 is 2.50 bits per heavy atom. The molecule has 1 aliphatic rings. The maximum Gasteiger partial charge on any atom is 0.312 e. The first-order valence-corrected chi connectivity index (χ1v) is 6.93. The monoisotopic (exact) mass is 262 g/mol. The molecule has 18 heavy (non-hydrogen) atoms. The van der Waals surface area contributed by atoms with Gasteiger partial charge in [-0.25, -0.2) is 4.98 Å². The maximum atomic E-state index is 11.2. The van der Waals surface area contributed by atoms with Crippen molar-refractivity contribution in [2.24, 2.45) is 0 Å². The smallest absolute Gasteiger partial charge is 0.312 e. The minimum absolute atomic E-state index is 0.386. The summed E-state index contributed by atoms with van der Waals surface area (Å²) in [5, 5.41) is 11.3. The highest BCUT2D eigenvalue weighted by molar-refractivity contribution is 7.09. The Morgan fingerprint density at radius 1 is 1.61 bits per heavy atom. The van der Waals surface area contributed by atoms with Gasteiger partial charge >= 0.3 is 5.97 Å².